The molecule has 0 bridgehead atoms. The molecule has 0 saturated carbocycles. The Bertz CT molecular complexity index is 641. The van der Waals surface area contributed by atoms with Crippen LogP contribution in [-0.4, -0.2) is 23.9 Å². The molecule has 156 valence electrons. The van der Waals surface area contributed by atoms with Crippen molar-refractivity contribution in [3.8, 4) is 21.9 Å². The zero-order valence-corrected chi connectivity index (χ0v) is 21.8. The van der Waals surface area contributed by atoms with Crippen LogP contribution in [0.15, 0.2) is 34.1 Å². The molecule has 2 nitrogen and oxygen atoms in total. The summed E-state index contributed by atoms with van der Waals surface area (Å²) in [7, 11) is 0. The Labute approximate surface area is 198 Å². The van der Waals surface area contributed by atoms with E-state index in [-0.39, 0.29) is 0 Å². The quantitative estimate of drug-likeness (QED) is 0.151. The van der Waals surface area contributed by atoms with Gasteiger partial charge in [-0.2, -0.15) is 0 Å². The van der Waals surface area contributed by atoms with E-state index in [1.54, 1.807) is 11.3 Å². The van der Waals surface area contributed by atoms with Crippen molar-refractivity contribution in [3.05, 3.63) is 34.1 Å². The van der Waals surface area contributed by atoms with Crippen LogP contribution in [0.3, 0.4) is 0 Å². The highest BCUT2D eigenvalue weighted by molar-refractivity contribution is 9.11. The fraction of sp³-hybridized carbons (Fsp3) is 0.545. The monoisotopic (exact) mass is 594 g/mol. The van der Waals surface area contributed by atoms with Gasteiger partial charge in [0.25, 0.3) is 0 Å². The van der Waals surface area contributed by atoms with Gasteiger partial charge >= 0.3 is 0 Å². The molecule has 0 radical (unpaired) electrons. The first-order chi connectivity index (χ1) is 13.8. The number of benzene rings is 1. The summed E-state index contributed by atoms with van der Waals surface area (Å²) in [6.45, 7) is 1.50. The second kappa shape index (κ2) is 14.9. The molecule has 1 aromatic heterocycles. The molecule has 0 atom stereocenters. The van der Waals surface area contributed by atoms with Gasteiger partial charge in [0, 0.05) is 15.5 Å². The number of ether oxygens (including phenoxy) is 2. The maximum atomic E-state index is 6.18. The van der Waals surface area contributed by atoms with Gasteiger partial charge in [-0.3, -0.25) is 0 Å². The normalized spacial score (nSPS) is 11.0. The lowest BCUT2D eigenvalue weighted by molar-refractivity contribution is 0.293. The first-order valence-electron chi connectivity index (χ1n) is 10.0. The third-order valence-corrected chi connectivity index (χ3v) is 7.14. The molecular weight excluding hydrogens is 568 g/mol. The van der Waals surface area contributed by atoms with E-state index in [2.05, 4.69) is 72.1 Å². The van der Waals surface area contributed by atoms with Crippen molar-refractivity contribution in [2.75, 3.05) is 23.9 Å². The molecule has 28 heavy (non-hydrogen) atoms. The highest BCUT2D eigenvalue weighted by Gasteiger charge is 2.15. The van der Waals surface area contributed by atoms with Gasteiger partial charge < -0.3 is 9.47 Å². The smallest absolute Gasteiger partial charge is 0.131 e. The minimum Gasteiger partial charge on any atom is -0.493 e. The summed E-state index contributed by atoms with van der Waals surface area (Å²) in [6.07, 6.45) is 9.53. The van der Waals surface area contributed by atoms with Crippen molar-refractivity contribution >= 4 is 59.1 Å². The largest absolute Gasteiger partial charge is 0.493 e. The van der Waals surface area contributed by atoms with Crippen LogP contribution in [0.5, 0.6) is 11.5 Å². The van der Waals surface area contributed by atoms with E-state index in [1.807, 2.05) is 6.07 Å². The van der Waals surface area contributed by atoms with Gasteiger partial charge in [-0.05, 0) is 65.9 Å². The molecular formula is C22H29Br3O2S. The van der Waals surface area contributed by atoms with Crippen LogP contribution >= 0.6 is 59.1 Å². The van der Waals surface area contributed by atoms with E-state index < -0.39 is 0 Å². The first-order valence-corrected chi connectivity index (χ1v) is 13.9. The van der Waals surface area contributed by atoms with E-state index in [4.69, 9.17) is 9.47 Å². The van der Waals surface area contributed by atoms with Crippen LogP contribution in [0.1, 0.15) is 51.4 Å². The van der Waals surface area contributed by atoms with E-state index >= 15 is 0 Å². The first kappa shape index (κ1) is 24.2. The Hall–Kier alpha value is -0.0400. The number of hydrogen-bond donors (Lipinski definition) is 0. The van der Waals surface area contributed by atoms with Crippen LogP contribution in [0.4, 0.5) is 0 Å². The molecule has 0 unspecified atom stereocenters. The summed E-state index contributed by atoms with van der Waals surface area (Å²) in [5, 5.41) is 2.17. The molecule has 0 aliphatic rings. The predicted octanol–water partition coefficient (Wildman–Crippen LogP) is 8.85. The highest BCUT2D eigenvalue weighted by Crippen LogP contribution is 2.43. The van der Waals surface area contributed by atoms with Gasteiger partial charge in [0.2, 0.25) is 0 Å². The van der Waals surface area contributed by atoms with Gasteiger partial charge in [0.15, 0.2) is 0 Å². The Morgan fingerprint density at radius 1 is 0.679 bits per heavy atom. The second-order valence-electron chi connectivity index (χ2n) is 6.64. The molecule has 0 saturated heterocycles. The minimum atomic E-state index is 0.748. The summed E-state index contributed by atoms with van der Waals surface area (Å²) in [5.74, 6) is 1.85. The topological polar surface area (TPSA) is 18.5 Å². The molecule has 2 rings (SSSR count). The molecule has 1 heterocycles. The predicted molar refractivity (Wildman–Crippen MR) is 133 cm³/mol. The Morgan fingerprint density at radius 2 is 1.21 bits per heavy atom. The fourth-order valence-electron chi connectivity index (χ4n) is 2.91. The SMILES string of the molecule is BrCCCCCCOc1cccc(OCCCCCCBr)c1-c1ccc(Br)s1. The lowest BCUT2D eigenvalue weighted by atomic mass is 10.1. The van der Waals surface area contributed by atoms with Gasteiger partial charge in [0.05, 0.1) is 22.6 Å². The van der Waals surface area contributed by atoms with Crippen LogP contribution in [0.2, 0.25) is 0 Å². The molecule has 0 aliphatic heterocycles. The Morgan fingerprint density at radius 3 is 1.68 bits per heavy atom. The van der Waals surface area contributed by atoms with Crippen molar-refractivity contribution in [3.63, 3.8) is 0 Å². The van der Waals surface area contributed by atoms with Crippen LogP contribution in [0.25, 0.3) is 10.4 Å². The van der Waals surface area contributed by atoms with Gasteiger partial charge in [-0.1, -0.05) is 63.6 Å². The standard InChI is InChI=1S/C22H29Br3O2S/c23-14-5-1-3-7-16-26-18-10-9-11-19(27-17-8-4-2-6-15-24)22(18)20-12-13-21(25)28-20/h9-13H,1-8,14-17H2. The van der Waals surface area contributed by atoms with Gasteiger partial charge in [0.1, 0.15) is 11.5 Å². The van der Waals surface area contributed by atoms with E-state index in [9.17, 15) is 0 Å². The molecule has 0 aliphatic carbocycles. The Balaban J connectivity index is 2.00. The number of halogens is 3. The molecule has 2 aromatic rings. The number of hydrogen-bond acceptors (Lipinski definition) is 3. The molecule has 0 fully saturated rings. The summed E-state index contributed by atoms with van der Waals surface area (Å²) in [5.41, 5.74) is 1.08. The third kappa shape index (κ3) is 8.76. The van der Waals surface area contributed by atoms with E-state index in [0.717, 1.165) is 57.6 Å². The number of alkyl halides is 2. The number of thiophene rings is 1. The molecule has 1 aromatic carbocycles. The molecule has 0 spiro atoms. The van der Waals surface area contributed by atoms with Crippen molar-refractivity contribution < 1.29 is 9.47 Å². The lowest BCUT2D eigenvalue weighted by Crippen LogP contribution is -2.02. The van der Waals surface area contributed by atoms with Crippen LogP contribution in [0, 0.1) is 0 Å². The fourth-order valence-corrected chi connectivity index (χ4v) is 5.14. The number of rotatable bonds is 15. The average molecular weight is 597 g/mol. The number of unbranched alkanes of at least 4 members (excludes halogenated alkanes) is 6. The summed E-state index contributed by atoms with van der Waals surface area (Å²) in [6, 6.07) is 10.4. The van der Waals surface area contributed by atoms with Gasteiger partial charge in [-0.15, -0.1) is 11.3 Å². The van der Waals surface area contributed by atoms with Crippen molar-refractivity contribution in [2.24, 2.45) is 0 Å². The van der Waals surface area contributed by atoms with Crippen LogP contribution < -0.4 is 9.47 Å². The maximum absolute atomic E-state index is 6.18. The molecule has 6 heteroatoms. The summed E-state index contributed by atoms with van der Waals surface area (Å²) in [4.78, 5) is 1.18. The third-order valence-electron chi connectivity index (χ3n) is 4.38. The van der Waals surface area contributed by atoms with Crippen LogP contribution in [-0.2, 0) is 0 Å². The van der Waals surface area contributed by atoms with E-state index in [1.165, 1.54) is 43.4 Å². The highest BCUT2D eigenvalue weighted by atomic mass is 79.9. The average Bonchev–Trinajstić information content (AvgIpc) is 3.13. The summed E-state index contributed by atoms with van der Waals surface area (Å²) < 4.78 is 13.5. The maximum Gasteiger partial charge on any atom is 0.131 e. The zero-order chi connectivity index (χ0) is 20.0. The molecule has 0 amide bonds. The lowest BCUT2D eigenvalue weighted by Gasteiger charge is -2.15. The van der Waals surface area contributed by atoms with E-state index in [0.29, 0.717) is 0 Å². The van der Waals surface area contributed by atoms with Crippen molar-refractivity contribution in [1.29, 1.82) is 0 Å². The molecule has 0 N–H and O–H groups in total. The minimum absolute atomic E-state index is 0.748. The van der Waals surface area contributed by atoms with Gasteiger partial charge in [-0.25, -0.2) is 0 Å². The second-order valence-corrected chi connectivity index (χ2v) is 10.7. The summed E-state index contributed by atoms with van der Waals surface area (Å²) >= 11 is 12.3. The zero-order valence-electron chi connectivity index (χ0n) is 16.2. The van der Waals surface area contributed by atoms with Crippen molar-refractivity contribution in [1.82, 2.24) is 0 Å². The Kier molecular flexibility index (Phi) is 12.9. The van der Waals surface area contributed by atoms with Crippen molar-refractivity contribution in [2.45, 2.75) is 51.4 Å².